The fourth-order valence-corrected chi connectivity index (χ4v) is 3.17. The average Bonchev–Trinajstić information content (AvgIpc) is 3.08. The molecule has 0 aromatic heterocycles. The standard InChI is InChI=1S/C21H25N3O2/c1-23(2)14-5-13-22-20(25)17-8-10-18(11-9-17)21(26)24-15-12-16-6-3-4-7-19(16)24/h3-4,6-11H,5,12-15H2,1-2H3,(H,22,25). The molecular formula is C21H25N3O2. The molecule has 0 atom stereocenters. The maximum Gasteiger partial charge on any atom is 0.258 e. The molecule has 2 amide bonds. The number of carbonyl (C=O) groups excluding carboxylic acids is 2. The van der Waals surface area contributed by atoms with Gasteiger partial charge in [-0.15, -0.1) is 0 Å². The SMILES string of the molecule is CN(C)CCCNC(=O)c1ccc(C(=O)N2CCc3ccccc32)cc1. The monoisotopic (exact) mass is 351 g/mol. The number of nitrogens with zero attached hydrogens (tertiary/aromatic N) is 2. The number of rotatable bonds is 6. The Bertz CT molecular complexity index is 784. The summed E-state index contributed by atoms with van der Waals surface area (Å²) in [7, 11) is 4.02. The van der Waals surface area contributed by atoms with Crippen LogP contribution in [0.15, 0.2) is 48.5 Å². The second kappa shape index (κ2) is 8.15. The fourth-order valence-electron chi connectivity index (χ4n) is 3.17. The first kappa shape index (κ1) is 18.1. The molecule has 26 heavy (non-hydrogen) atoms. The van der Waals surface area contributed by atoms with Crippen LogP contribution in [0, 0.1) is 0 Å². The number of anilines is 1. The van der Waals surface area contributed by atoms with Crippen molar-refractivity contribution in [3.05, 3.63) is 65.2 Å². The smallest absolute Gasteiger partial charge is 0.258 e. The number of hydrogen-bond donors (Lipinski definition) is 1. The quantitative estimate of drug-likeness (QED) is 0.814. The number of hydrogen-bond acceptors (Lipinski definition) is 3. The molecule has 0 radical (unpaired) electrons. The van der Waals surface area contributed by atoms with E-state index in [1.54, 1.807) is 24.3 Å². The Labute approximate surface area is 154 Å². The zero-order chi connectivity index (χ0) is 18.5. The molecule has 0 spiro atoms. The van der Waals surface area contributed by atoms with E-state index in [0.29, 0.717) is 24.2 Å². The van der Waals surface area contributed by atoms with Gasteiger partial charge in [-0.05, 0) is 69.4 Å². The van der Waals surface area contributed by atoms with Gasteiger partial charge in [0.2, 0.25) is 0 Å². The van der Waals surface area contributed by atoms with E-state index >= 15 is 0 Å². The maximum atomic E-state index is 12.8. The van der Waals surface area contributed by atoms with Crippen LogP contribution in [0.1, 0.15) is 32.7 Å². The summed E-state index contributed by atoms with van der Waals surface area (Å²) in [6, 6.07) is 14.9. The Morgan fingerprint density at radius 1 is 1.04 bits per heavy atom. The van der Waals surface area contributed by atoms with Crippen LogP contribution in [-0.2, 0) is 6.42 Å². The van der Waals surface area contributed by atoms with Crippen molar-refractivity contribution in [1.29, 1.82) is 0 Å². The molecule has 1 heterocycles. The van der Waals surface area contributed by atoms with Gasteiger partial charge >= 0.3 is 0 Å². The second-order valence-electron chi connectivity index (χ2n) is 6.83. The first-order valence-electron chi connectivity index (χ1n) is 8.99. The lowest BCUT2D eigenvalue weighted by Gasteiger charge is -2.17. The molecule has 1 N–H and O–H groups in total. The van der Waals surface area contributed by atoms with Crippen LogP contribution < -0.4 is 10.2 Å². The van der Waals surface area contributed by atoms with E-state index in [9.17, 15) is 9.59 Å². The average molecular weight is 351 g/mol. The summed E-state index contributed by atoms with van der Waals surface area (Å²) in [6.45, 7) is 2.28. The number of amides is 2. The third kappa shape index (κ3) is 4.11. The Morgan fingerprint density at radius 2 is 1.73 bits per heavy atom. The molecule has 136 valence electrons. The van der Waals surface area contributed by atoms with E-state index < -0.39 is 0 Å². The minimum absolute atomic E-state index is 0.0205. The van der Waals surface area contributed by atoms with Gasteiger partial charge in [-0.3, -0.25) is 9.59 Å². The molecule has 5 nitrogen and oxygen atoms in total. The summed E-state index contributed by atoms with van der Waals surface area (Å²) in [5, 5.41) is 2.91. The molecule has 0 unspecified atom stereocenters. The molecule has 3 rings (SSSR count). The molecule has 2 aromatic rings. The molecule has 0 saturated heterocycles. The topological polar surface area (TPSA) is 52.7 Å². The van der Waals surface area contributed by atoms with Gasteiger partial charge in [-0.25, -0.2) is 0 Å². The third-order valence-corrected chi connectivity index (χ3v) is 4.59. The number of benzene rings is 2. The lowest BCUT2D eigenvalue weighted by atomic mass is 10.1. The highest BCUT2D eigenvalue weighted by Crippen LogP contribution is 2.28. The largest absolute Gasteiger partial charge is 0.352 e. The van der Waals surface area contributed by atoms with Crippen LogP contribution in [-0.4, -0.2) is 50.4 Å². The first-order chi connectivity index (χ1) is 12.6. The van der Waals surface area contributed by atoms with Crippen molar-refractivity contribution in [1.82, 2.24) is 10.2 Å². The summed E-state index contributed by atoms with van der Waals surface area (Å²) >= 11 is 0. The van der Waals surface area contributed by atoms with Crippen molar-refractivity contribution in [2.24, 2.45) is 0 Å². The van der Waals surface area contributed by atoms with E-state index in [1.807, 2.05) is 37.2 Å². The summed E-state index contributed by atoms with van der Waals surface area (Å²) in [4.78, 5) is 28.9. The van der Waals surface area contributed by atoms with Gasteiger partial charge in [-0.2, -0.15) is 0 Å². The van der Waals surface area contributed by atoms with Gasteiger partial charge in [0.15, 0.2) is 0 Å². The van der Waals surface area contributed by atoms with Crippen molar-refractivity contribution in [2.75, 3.05) is 38.6 Å². The molecule has 2 aromatic carbocycles. The maximum absolute atomic E-state index is 12.8. The van der Waals surface area contributed by atoms with Crippen molar-refractivity contribution < 1.29 is 9.59 Å². The van der Waals surface area contributed by atoms with E-state index in [1.165, 1.54) is 5.56 Å². The van der Waals surface area contributed by atoms with Crippen molar-refractivity contribution >= 4 is 17.5 Å². The predicted molar refractivity (Wildman–Crippen MR) is 104 cm³/mol. The minimum Gasteiger partial charge on any atom is -0.352 e. The fraction of sp³-hybridized carbons (Fsp3) is 0.333. The van der Waals surface area contributed by atoms with Crippen LogP contribution >= 0.6 is 0 Å². The van der Waals surface area contributed by atoms with Crippen LogP contribution in [0.4, 0.5) is 5.69 Å². The minimum atomic E-state index is -0.103. The van der Waals surface area contributed by atoms with E-state index in [0.717, 1.165) is 25.1 Å². The van der Waals surface area contributed by atoms with Crippen molar-refractivity contribution in [3.8, 4) is 0 Å². The van der Waals surface area contributed by atoms with Gasteiger partial charge in [0.1, 0.15) is 0 Å². The van der Waals surface area contributed by atoms with E-state index in [4.69, 9.17) is 0 Å². The van der Waals surface area contributed by atoms with Gasteiger partial charge in [0.25, 0.3) is 11.8 Å². The lowest BCUT2D eigenvalue weighted by Crippen LogP contribution is -2.29. The van der Waals surface area contributed by atoms with Crippen molar-refractivity contribution in [3.63, 3.8) is 0 Å². The molecule has 0 fully saturated rings. The van der Waals surface area contributed by atoms with Crippen LogP contribution in [0.2, 0.25) is 0 Å². The zero-order valence-electron chi connectivity index (χ0n) is 15.4. The van der Waals surface area contributed by atoms with E-state index in [2.05, 4.69) is 16.3 Å². The summed E-state index contributed by atoms with van der Waals surface area (Å²) in [5.41, 5.74) is 3.37. The van der Waals surface area contributed by atoms with Gasteiger partial charge in [0.05, 0.1) is 0 Å². The molecular weight excluding hydrogens is 326 g/mol. The molecule has 1 aliphatic rings. The number of fused-ring (bicyclic) bond motifs is 1. The first-order valence-corrected chi connectivity index (χ1v) is 8.99. The highest BCUT2D eigenvalue weighted by atomic mass is 16.2. The molecule has 0 aliphatic carbocycles. The summed E-state index contributed by atoms with van der Waals surface area (Å²) in [6.07, 6.45) is 1.79. The zero-order valence-corrected chi connectivity index (χ0v) is 15.4. The second-order valence-corrected chi connectivity index (χ2v) is 6.83. The number of nitrogens with one attached hydrogen (secondary N) is 1. The van der Waals surface area contributed by atoms with Gasteiger partial charge in [0, 0.05) is 29.9 Å². The Hall–Kier alpha value is -2.66. The molecule has 1 aliphatic heterocycles. The van der Waals surface area contributed by atoms with Gasteiger partial charge < -0.3 is 15.1 Å². The summed E-state index contributed by atoms with van der Waals surface area (Å²) < 4.78 is 0. The van der Waals surface area contributed by atoms with Crippen LogP contribution in [0.3, 0.4) is 0 Å². The molecule has 0 bridgehead atoms. The Morgan fingerprint density at radius 3 is 2.46 bits per heavy atom. The van der Waals surface area contributed by atoms with E-state index in [-0.39, 0.29) is 11.8 Å². The predicted octanol–water partition coefficient (Wildman–Crippen LogP) is 2.57. The van der Waals surface area contributed by atoms with Gasteiger partial charge in [-0.1, -0.05) is 18.2 Å². The Kier molecular flexibility index (Phi) is 5.68. The molecule has 0 saturated carbocycles. The van der Waals surface area contributed by atoms with Crippen molar-refractivity contribution in [2.45, 2.75) is 12.8 Å². The normalized spacial score (nSPS) is 13.0. The molecule has 5 heteroatoms. The highest BCUT2D eigenvalue weighted by molar-refractivity contribution is 6.07. The number of carbonyl (C=O) groups is 2. The third-order valence-electron chi connectivity index (χ3n) is 4.59. The highest BCUT2D eigenvalue weighted by Gasteiger charge is 2.25. The van der Waals surface area contributed by atoms with Crippen LogP contribution in [0.5, 0.6) is 0 Å². The summed E-state index contributed by atoms with van der Waals surface area (Å²) in [5.74, 6) is -0.123. The Balaban J connectivity index is 1.61. The lowest BCUT2D eigenvalue weighted by molar-refractivity contribution is 0.0949. The van der Waals surface area contributed by atoms with Crippen LogP contribution in [0.25, 0.3) is 0 Å². The number of para-hydroxylation sites is 1.